The van der Waals surface area contributed by atoms with E-state index < -0.39 is 12.0 Å². The van der Waals surface area contributed by atoms with Crippen molar-refractivity contribution in [2.75, 3.05) is 0 Å². The first kappa shape index (κ1) is 8.18. The molecule has 0 spiro atoms. The Hall–Kier alpha value is -1.43. The molecule has 1 unspecified atom stereocenters. The summed E-state index contributed by atoms with van der Waals surface area (Å²) in [5.41, 5.74) is 0. The summed E-state index contributed by atoms with van der Waals surface area (Å²) in [6.07, 6.45) is 0. The summed E-state index contributed by atoms with van der Waals surface area (Å²) in [4.78, 5) is 10.7. The number of hydrogen-bond donors (Lipinski definition) is 2. The predicted molar refractivity (Wildman–Crippen MR) is 43.0 cm³/mol. The number of aryl methyl sites for hydroxylation is 1. The van der Waals surface area contributed by atoms with Gasteiger partial charge in [0.2, 0.25) is 0 Å². The molecule has 70 valence electrons. The molecule has 2 heterocycles. The summed E-state index contributed by atoms with van der Waals surface area (Å²) < 4.78 is 1.83. The third-order valence-corrected chi connectivity index (χ3v) is 2.18. The van der Waals surface area contributed by atoms with Crippen molar-refractivity contribution in [3.8, 4) is 0 Å². The molecule has 0 saturated heterocycles. The fourth-order valence-electron chi connectivity index (χ4n) is 1.42. The van der Waals surface area contributed by atoms with Crippen molar-refractivity contribution in [3.63, 3.8) is 0 Å². The number of carboxylic acids is 1. The van der Waals surface area contributed by atoms with Crippen molar-refractivity contribution in [1.82, 2.24) is 20.1 Å². The molecule has 1 atom stereocenters. The van der Waals surface area contributed by atoms with Gasteiger partial charge in [-0.3, -0.25) is 10.1 Å². The molecule has 2 N–H and O–H groups in total. The molecule has 6 heteroatoms. The zero-order chi connectivity index (χ0) is 9.42. The van der Waals surface area contributed by atoms with Gasteiger partial charge in [-0.05, 0) is 6.92 Å². The van der Waals surface area contributed by atoms with E-state index in [1.807, 2.05) is 11.5 Å². The van der Waals surface area contributed by atoms with Gasteiger partial charge in [-0.15, -0.1) is 10.2 Å². The van der Waals surface area contributed by atoms with Crippen molar-refractivity contribution in [3.05, 3.63) is 11.6 Å². The van der Waals surface area contributed by atoms with E-state index in [9.17, 15) is 4.79 Å². The van der Waals surface area contributed by atoms with Gasteiger partial charge in [-0.2, -0.15) is 0 Å². The zero-order valence-electron chi connectivity index (χ0n) is 7.19. The smallest absolute Gasteiger partial charge is 0.322 e. The lowest BCUT2D eigenvalue weighted by molar-refractivity contribution is -0.140. The van der Waals surface area contributed by atoms with E-state index in [0.29, 0.717) is 13.1 Å². The van der Waals surface area contributed by atoms with Crippen molar-refractivity contribution in [2.24, 2.45) is 0 Å². The Kier molecular flexibility index (Phi) is 1.77. The highest BCUT2D eigenvalue weighted by Crippen LogP contribution is 2.08. The molecule has 0 saturated carbocycles. The molecule has 0 fully saturated rings. The number of rotatable bonds is 1. The minimum Gasteiger partial charge on any atom is -0.480 e. The largest absolute Gasteiger partial charge is 0.480 e. The van der Waals surface area contributed by atoms with E-state index >= 15 is 0 Å². The van der Waals surface area contributed by atoms with Gasteiger partial charge in [0, 0.05) is 0 Å². The first-order valence-corrected chi connectivity index (χ1v) is 4.03. The lowest BCUT2D eigenvalue weighted by Gasteiger charge is -2.21. The van der Waals surface area contributed by atoms with E-state index in [4.69, 9.17) is 5.11 Å². The van der Waals surface area contributed by atoms with Gasteiger partial charge in [-0.1, -0.05) is 0 Å². The van der Waals surface area contributed by atoms with Crippen LogP contribution in [0.15, 0.2) is 0 Å². The van der Waals surface area contributed by atoms with Crippen LogP contribution < -0.4 is 5.32 Å². The fourth-order valence-corrected chi connectivity index (χ4v) is 1.42. The fraction of sp³-hybridized carbons (Fsp3) is 0.571. The van der Waals surface area contributed by atoms with Crippen LogP contribution in [0.2, 0.25) is 0 Å². The second kappa shape index (κ2) is 2.81. The van der Waals surface area contributed by atoms with Gasteiger partial charge in [-0.25, -0.2) is 0 Å². The molecular formula is C7H10N4O2. The average Bonchev–Trinajstić information content (AvgIpc) is 2.47. The van der Waals surface area contributed by atoms with Crippen LogP contribution in [0.5, 0.6) is 0 Å². The van der Waals surface area contributed by atoms with Crippen LogP contribution in [0.25, 0.3) is 0 Å². The summed E-state index contributed by atoms with van der Waals surface area (Å²) >= 11 is 0. The van der Waals surface area contributed by atoms with Gasteiger partial charge in [0.25, 0.3) is 0 Å². The number of aliphatic carboxylic acids is 1. The van der Waals surface area contributed by atoms with Crippen LogP contribution in [-0.4, -0.2) is 31.9 Å². The second-order valence-corrected chi connectivity index (χ2v) is 3.05. The second-order valence-electron chi connectivity index (χ2n) is 3.05. The molecule has 1 aromatic heterocycles. The molecule has 1 aliphatic heterocycles. The third kappa shape index (κ3) is 1.29. The van der Waals surface area contributed by atoms with Crippen LogP contribution in [-0.2, 0) is 17.9 Å². The highest BCUT2D eigenvalue weighted by Gasteiger charge is 2.25. The molecule has 1 aliphatic rings. The molecule has 2 rings (SSSR count). The molecule has 0 bridgehead atoms. The summed E-state index contributed by atoms with van der Waals surface area (Å²) in [6.45, 7) is 2.70. The van der Waals surface area contributed by atoms with Gasteiger partial charge < -0.3 is 9.67 Å². The van der Waals surface area contributed by atoms with Crippen molar-refractivity contribution in [2.45, 2.75) is 26.1 Å². The van der Waals surface area contributed by atoms with Crippen molar-refractivity contribution >= 4 is 5.97 Å². The maximum Gasteiger partial charge on any atom is 0.322 e. The standard InChI is InChI=1S/C7H10N4O2/c1-4-9-10-6-2-8-5(7(12)13)3-11(4)6/h5,8H,2-3H2,1H3,(H,12,13). The van der Waals surface area contributed by atoms with E-state index in [1.54, 1.807) is 0 Å². The SMILES string of the molecule is Cc1nnc2n1CC(C(=O)O)NC2. The number of aromatic nitrogens is 3. The quantitative estimate of drug-likeness (QED) is 0.591. The van der Waals surface area contributed by atoms with Gasteiger partial charge >= 0.3 is 5.97 Å². The number of carboxylic acid groups (broad SMARTS) is 1. The summed E-state index contributed by atoms with van der Waals surface area (Å²) in [5, 5.41) is 19.4. The normalized spacial score (nSPS) is 21.2. The molecule has 13 heavy (non-hydrogen) atoms. The minimum absolute atomic E-state index is 0.406. The first-order valence-electron chi connectivity index (χ1n) is 4.03. The number of nitrogens with zero attached hydrogens (tertiary/aromatic N) is 3. The van der Waals surface area contributed by atoms with Crippen LogP contribution in [0.4, 0.5) is 0 Å². The van der Waals surface area contributed by atoms with Crippen molar-refractivity contribution in [1.29, 1.82) is 0 Å². The van der Waals surface area contributed by atoms with Crippen LogP contribution in [0, 0.1) is 6.92 Å². The topological polar surface area (TPSA) is 80.0 Å². The Morgan fingerprint density at radius 2 is 2.46 bits per heavy atom. The monoisotopic (exact) mass is 182 g/mol. The highest BCUT2D eigenvalue weighted by molar-refractivity contribution is 5.73. The van der Waals surface area contributed by atoms with E-state index in [2.05, 4.69) is 15.5 Å². The summed E-state index contributed by atoms with van der Waals surface area (Å²) in [6, 6.07) is -0.526. The first-order chi connectivity index (χ1) is 6.18. The molecule has 1 aromatic rings. The Balaban J connectivity index is 2.27. The van der Waals surface area contributed by atoms with Gasteiger partial charge in [0.1, 0.15) is 17.7 Å². The molecular weight excluding hydrogens is 172 g/mol. The molecule has 0 aliphatic carbocycles. The number of hydrogen-bond acceptors (Lipinski definition) is 4. The number of carbonyl (C=O) groups is 1. The van der Waals surface area contributed by atoms with E-state index in [0.717, 1.165) is 11.6 Å². The highest BCUT2D eigenvalue weighted by atomic mass is 16.4. The Morgan fingerprint density at radius 3 is 3.15 bits per heavy atom. The maximum absolute atomic E-state index is 10.7. The Bertz CT molecular complexity index is 346. The molecule has 0 amide bonds. The van der Waals surface area contributed by atoms with E-state index in [-0.39, 0.29) is 0 Å². The Labute approximate surface area is 74.6 Å². The van der Waals surface area contributed by atoms with E-state index in [1.165, 1.54) is 0 Å². The zero-order valence-corrected chi connectivity index (χ0v) is 7.19. The predicted octanol–water partition coefficient (Wildman–Crippen LogP) is -0.857. The summed E-state index contributed by atoms with van der Waals surface area (Å²) in [5.74, 6) is 0.733. The van der Waals surface area contributed by atoms with Gasteiger partial charge in [0.15, 0.2) is 0 Å². The van der Waals surface area contributed by atoms with Crippen LogP contribution in [0.3, 0.4) is 0 Å². The van der Waals surface area contributed by atoms with Gasteiger partial charge in [0.05, 0.1) is 13.1 Å². The van der Waals surface area contributed by atoms with Crippen LogP contribution in [0.1, 0.15) is 11.6 Å². The molecule has 0 radical (unpaired) electrons. The molecule has 0 aromatic carbocycles. The van der Waals surface area contributed by atoms with Crippen LogP contribution >= 0.6 is 0 Å². The lowest BCUT2D eigenvalue weighted by Crippen LogP contribution is -2.44. The number of nitrogens with one attached hydrogen (secondary N) is 1. The van der Waals surface area contributed by atoms with Crippen molar-refractivity contribution < 1.29 is 9.90 Å². The Morgan fingerprint density at radius 1 is 1.69 bits per heavy atom. The summed E-state index contributed by atoms with van der Waals surface area (Å²) in [7, 11) is 0. The lowest BCUT2D eigenvalue weighted by atomic mass is 10.2. The maximum atomic E-state index is 10.7. The average molecular weight is 182 g/mol. The minimum atomic E-state index is -0.834. The number of fused-ring (bicyclic) bond motifs is 1. The third-order valence-electron chi connectivity index (χ3n) is 2.18. The molecule has 6 nitrogen and oxygen atoms in total.